The van der Waals surface area contributed by atoms with Gasteiger partial charge in [0.1, 0.15) is 11.6 Å². The number of nitrogens with two attached hydrogens (primary N) is 1. The molecule has 1 aliphatic rings. The molecule has 0 aliphatic carbocycles. The Kier molecular flexibility index (Phi) is 3.09. The molecule has 4 N–H and O–H groups in total. The number of aliphatic hydroxyl groups is 1. The molecule has 88 valence electrons. The van der Waals surface area contributed by atoms with Gasteiger partial charge in [-0.25, -0.2) is 0 Å². The molecule has 0 bridgehead atoms. The Morgan fingerprint density at radius 3 is 3.06 bits per heavy atom. The van der Waals surface area contributed by atoms with Gasteiger partial charge < -0.3 is 21.1 Å². The SMILES string of the molecule is CCNc1cc(N2CCC(O)C2)nc(N)n1. The van der Waals surface area contributed by atoms with Crippen LogP contribution < -0.4 is 16.0 Å². The van der Waals surface area contributed by atoms with E-state index in [1.807, 2.05) is 17.9 Å². The molecule has 0 amide bonds. The molecule has 1 fully saturated rings. The molecule has 1 aliphatic heterocycles. The molecule has 1 unspecified atom stereocenters. The average Bonchev–Trinajstić information content (AvgIpc) is 2.64. The lowest BCUT2D eigenvalue weighted by atomic mass is 10.3. The van der Waals surface area contributed by atoms with Crippen LogP contribution >= 0.6 is 0 Å². The Balaban J connectivity index is 2.20. The predicted octanol–water partition coefficient (Wildman–Crippen LogP) is 0.0616. The highest BCUT2D eigenvalue weighted by Gasteiger charge is 2.22. The molecule has 1 aromatic rings. The van der Waals surface area contributed by atoms with Gasteiger partial charge in [-0.05, 0) is 13.3 Å². The molecular formula is C10H17N5O. The van der Waals surface area contributed by atoms with E-state index in [0.29, 0.717) is 6.54 Å². The third-order valence-electron chi connectivity index (χ3n) is 2.58. The maximum Gasteiger partial charge on any atom is 0.223 e. The average molecular weight is 223 g/mol. The summed E-state index contributed by atoms with van der Waals surface area (Å²) < 4.78 is 0. The maximum absolute atomic E-state index is 9.47. The molecule has 2 rings (SSSR count). The van der Waals surface area contributed by atoms with Crippen molar-refractivity contribution in [2.45, 2.75) is 19.4 Å². The third-order valence-corrected chi connectivity index (χ3v) is 2.58. The molecule has 0 radical (unpaired) electrons. The van der Waals surface area contributed by atoms with E-state index in [4.69, 9.17) is 5.73 Å². The van der Waals surface area contributed by atoms with Gasteiger partial charge in [0.05, 0.1) is 6.10 Å². The molecule has 6 nitrogen and oxygen atoms in total. The maximum atomic E-state index is 9.47. The Morgan fingerprint density at radius 1 is 1.62 bits per heavy atom. The van der Waals surface area contributed by atoms with E-state index in [1.165, 1.54) is 0 Å². The predicted molar refractivity (Wildman–Crippen MR) is 63.4 cm³/mol. The Hall–Kier alpha value is -1.56. The highest BCUT2D eigenvalue weighted by molar-refractivity contribution is 5.53. The molecule has 0 aromatic carbocycles. The van der Waals surface area contributed by atoms with Crippen LogP contribution in [0.4, 0.5) is 17.6 Å². The van der Waals surface area contributed by atoms with E-state index in [0.717, 1.165) is 31.1 Å². The van der Waals surface area contributed by atoms with Crippen LogP contribution in [0.1, 0.15) is 13.3 Å². The minimum absolute atomic E-state index is 0.259. The van der Waals surface area contributed by atoms with Gasteiger partial charge in [-0.3, -0.25) is 0 Å². The minimum Gasteiger partial charge on any atom is -0.391 e. The van der Waals surface area contributed by atoms with Gasteiger partial charge in [0.2, 0.25) is 5.95 Å². The van der Waals surface area contributed by atoms with E-state index >= 15 is 0 Å². The van der Waals surface area contributed by atoms with Gasteiger partial charge in [-0.2, -0.15) is 9.97 Å². The van der Waals surface area contributed by atoms with Gasteiger partial charge in [-0.15, -0.1) is 0 Å². The van der Waals surface area contributed by atoms with E-state index in [2.05, 4.69) is 15.3 Å². The number of rotatable bonds is 3. The standard InChI is InChI=1S/C10H17N5O/c1-2-12-8-5-9(14-10(11)13-8)15-4-3-7(16)6-15/h5,7,16H,2-4,6H2,1H3,(H3,11,12,13,14). The molecule has 1 saturated heterocycles. The number of aromatic nitrogens is 2. The summed E-state index contributed by atoms with van der Waals surface area (Å²) in [5, 5.41) is 12.6. The lowest BCUT2D eigenvalue weighted by Gasteiger charge is -2.17. The Morgan fingerprint density at radius 2 is 2.44 bits per heavy atom. The fraction of sp³-hybridized carbons (Fsp3) is 0.600. The van der Waals surface area contributed by atoms with Crippen LogP contribution in [-0.2, 0) is 0 Å². The molecular weight excluding hydrogens is 206 g/mol. The molecule has 0 spiro atoms. The minimum atomic E-state index is -0.265. The molecule has 1 aromatic heterocycles. The fourth-order valence-corrected chi connectivity index (χ4v) is 1.84. The molecule has 1 atom stereocenters. The van der Waals surface area contributed by atoms with Gasteiger partial charge in [0.25, 0.3) is 0 Å². The number of nitrogen functional groups attached to an aromatic ring is 1. The van der Waals surface area contributed by atoms with E-state index < -0.39 is 0 Å². The van der Waals surface area contributed by atoms with Crippen LogP contribution in [0.2, 0.25) is 0 Å². The lowest BCUT2D eigenvalue weighted by molar-refractivity contribution is 0.198. The zero-order valence-corrected chi connectivity index (χ0v) is 9.35. The lowest BCUT2D eigenvalue weighted by Crippen LogP contribution is -2.23. The van der Waals surface area contributed by atoms with Gasteiger partial charge >= 0.3 is 0 Å². The third kappa shape index (κ3) is 2.33. The summed E-state index contributed by atoms with van der Waals surface area (Å²) in [6.45, 7) is 4.21. The van der Waals surface area contributed by atoms with Crippen molar-refractivity contribution in [1.82, 2.24) is 9.97 Å². The molecule has 16 heavy (non-hydrogen) atoms. The molecule has 2 heterocycles. The topological polar surface area (TPSA) is 87.3 Å². The largest absolute Gasteiger partial charge is 0.391 e. The summed E-state index contributed by atoms with van der Waals surface area (Å²) in [5.41, 5.74) is 5.64. The van der Waals surface area contributed by atoms with Crippen molar-refractivity contribution >= 4 is 17.6 Å². The first kappa shape index (κ1) is 10.9. The normalized spacial score (nSPS) is 20.1. The van der Waals surface area contributed by atoms with Crippen molar-refractivity contribution in [3.8, 4) is 0 Å². The quantitative estimate of drug-likeness (QED) is 0.671. The van der Waals surface area contributed by atoms with E-state index in [-0.39, 0.29) is 12.1 Å². The van der Waals surface area contributed by atoms with Gasteiger partial charge in [-0.1, -0.05) is 0 Å². The first-order valence-electron chi connectivity index (χ1n) is 5.50. The second-order valence-electron chi connectivity index (χ2n) is 3.89. The van der Waals surface area contributed by atoms with Gasteiger partial charge in [0.15, 0.2) is 0 Å². The van der Waals surface area contributed by atoms with Crippen molar-refractivity contribution in [3.05, 3.63) is 6.07 Å². The highest BCUT2D eigenvalue weighted by atomic mass is 16.3. The zero-order chi connectivity index (χ0) is 11.5. The smallest absolute Gasteiger partial charge is 0.223 e. The number of hydrogen-bond donors (Lipinski definition) is 3. The summed E-state index contributed by atoms with van der Waals surface area (Å²) in [7, 11) is 0. The van der Waals surface area contributed by atoms with Gasteiger partial charge in [0, 0.05) is 25.7 Å². The van der Waals surface area contributed by atoms with Crippen LogP contribution in [0.3, 0.4) is 0 Å². The van der Waals surface area contributed by atoms with Crippen molar-refractivity contribution in [1.29, 1.82) is 0 Å². The van der Waals surface area contributed by atoms with Crippen molar-refractivity contribution in [2.75, 3.05) is 35.6 Å². The van der Waals surface area contributed by atoms with Crippen LogP contribution in [0.5, 0.6) is 0 Å². The number of β-amino-alcohol motifs (C(OH)–C–C–N with tert-alkyl or cyclic N) is 1. The number of anilines is 3. The summed E-state index contributed by atoms with van der Waals surface area (Å²) in [5.74, 6) is 1.77. The number of nitrogens with zero attached hydrogens (tertiary/aromatic N) is 3. The number of hydrogen-bond acceptors (Lipinski definition) is 6. The first-order chi connectivity index (χ1) is 7.69. The second kappa shape index (κ2) is 4.52. The van der Waals surface area contributed by atoms with Crippen molar-refractivity contribution < 1.29 is 5.11 Å². The summed E-state index contributed by atoms with van der Waals surface area (Å²) in [6, 6.07) is 1.86. The van der Waals surface area contributed by atoms with E-state index in [1.54, 1.807) is 0 Å². The fourth-order valence-electron chi connectivity index (χ4n) is 1.84. The summed E-state index contributed by atoms with van der Waals surface area (Å²) >= 11 is 0. The van der Waals surface area contributed by atoms with E-state index in [9.17, 15) is 5.11 Å². The van der Waals surface area contributed by atoms with Crippen molar-refractivity contribution in [3.63, 3.8) is 0 Å². The monoisotopic (exact) mass is 223 g/mol. The van der Waals surface area contributed by atoms with Crippen LogP contribution in [-0.4, -0.2) is 40.8 Å². The molecule has 6 heteroatoms. The Labute approximate surface area is 94.5 Å². The van der Waals surface area contributed by atoms with Crippen LogP contribution in [0.25, 0.3) is 0 Å². The van der Waals surface area contributed by atoms with Crippen LogP contribution in [0, 0.1) is 0 Å². The highest BCUT2D eigenvalue weighted by Crippen LogP contribution is 2.21. The van der Waals surface area contributed by atoms with Crippen LogP contribution in [0.15, 0.2) is 6.07 Å². The number of nitrogens with one attached hydrogen (secondary N) is 1. The second-order valence-corrected chi connectivity index (χ2v) is 3.89. The Bertz CT molecular complexity index is 370. The van der Waals surface area contributed by atoms with Crippen molar-refractivity contribution in [2.24, 2.45) is 0 Å². The number of aliphatic hydroxyl groups excluding tert-OH is 1. The summed E-state index contributed by atoms with van der Waals surface area (Å²) in [4.78, 5) is 10.3. The molecule has 0 saturated carbocycles. The summed E-state index contributed by atoms with van der Waals surface area (Å²) in [6.07, 6.45) is 0.513. The zero-order valence-electron chi connectivity index (χ0n) is 9.35. The first-order valence-corrected chi connectivity index (χ1v) is 5.50.